The molecule has 0 amide bonds. The van der Waals surface area contributed by atoms with E-state index in [0.717, 1.165) is 30.5 Å². The van der Waals surface area contributed by atoms with Gasteiger partial charge in [-0.3, -0.25) is 0 Å². The van der Waals surface area contributed by atoms with Gasteiger partial charge in [0.05, 0.1) is 0 Å². The molecule has 0 saturated carbocycles. The largest absolute Gasteiger partial charge is 0.356 e. The van der Waals surface area contributed by atoms with Crippen molar-refractivity contribution in [2.75, 3.05) is 23.7 Å². The fraction of sp³-hybridized carbons (Fsp3) is 0.353. The Bertz CT molecular complexity index is 556. The first-order valence-corrected chi connectivity index (χ1v) is 8.16. The molecule has 3 heteroatoms. The minimum atomic E-state index is 0.766. The quantitative estimate of drug-likeness (QED) is 0.789. The zero-order chi connectivity index (χ0) is 13.8. The molecule has 1 aromatic heterocycles. The maximum atomic E-state index is 4.63. The molecule has 2 aromatic rings. The van der Waals surface area contributed by atoms with Gasteiger partial charge in [-0.15, -0.1) is 11.8 Å². The number of hydrogen-bond acceptors (Lipinski definition) is 3. The molecule has 104 valence electrons. The summed E-state index contributed by atoms with van der Waals surface area (Å²) < 4.78 is 0. The standard InChI is InChI=1S/C17H20N2S/c1-14-6-5-9-17(18-14)19-11-10-15(12-19)13-20-16-7-3-2-4-8-16/h2-9,15H,10-13H2,1H3. The van der Waals surface area contributed by atoms with Gasteiger partial charge in [0.15, 0.2) is 0 Å². The van der Waals surface area contributed by atoms with Crippen molar-refractivity contribution in [1.82, 2.24) is 4.98 Å². The molecule has 20 heavy (non-hydrogen) atoms. The fourth-order valence-corrected chi connectivity index (χ4v) is 3.66. The van der Waals surface area contributed by atoms with E-state index in [4.69, 9.17) is 0 Å². The molecule has 1 saturated heterocycles. The van der Waals surface area contributed by atoms with Gasteiger partial charge in [-0.05, 0) is 43.5 Å². The highest BCUT2D eigenvalue weighted by molar-refractivity contribution is 7.99. The van der Waals surface area contributed by atoms with E-state index in [9.17, 15) is 0 Å². The highest BCUT2D eigenvalue weighted by Gasteiger charge is 2.23. The molecule has 2 heterocycles. The third-order valence-corrected chi connectivity index (χ3v) is 4.96. The van der Waals surface area contributed by atoms with Gasteiger partial charge < -0.3 is 4.90 Å². The molecule has 2 nitrogen and oxygen atoms in total. The second-order valence-corrected chi connectivity index (χ2v) is 6.46. The molecular weight excluding hydrogens is 264 g/mol. The Hall–Kier alpha value is -1.48. The highest BCUT2D eigenvalue weighted by atomic mass is 32.2. The Morgan fingerprint density at radius 3 is 2.80 bits per heavy atom. The van der Waals surface area contributed by atoms with Crippen molar-refractivity contribution in [3.8, 4) is 0 Å². The predicted molar refractivity (Wildman–Crippen MR) is 86.5 cm³/mol. The Balaban J connectivity index is 1.55. The summed E-state index contributed by atoms with van der Waals surface area (Å²) in [6.07, 6.45) is 1.27. The first-order valence-electron chi connectivity index (χ1n) is 7.18. The second kappa shape index (κ2) is 6.31. The maximum Gasteiger partial charge on any atom is 0.128 e. The first kappa shape index (κ1) is 13.5. The van der Waals surface area contributed by atoms with Crippen molar-refractivity contribution >= 4 is 17.6 Å². The molecule has 0 spiro atoms. The number of nitrogens with zero attached hydrogens (tertiary/aromatic N) is 2. The number of thioether (sulfide) groups is 1. The predicted octanol–water partition coefficient (Wildman–Crippen LogP) is 4.01. The fourth-order valence-electron chi connectivity index (χ4n) is 2.61. The van der Waals surface area contributed by atoms with E-state index in [-0.39, 0.29) is 0 Å². The van der Waals surface area contributed by atoms with Crippen molar-refractivity contribution in [3.63, 3.8) is 0 Å². The second-order valence-electron chi connectivity index (χ2n) is 5.36. The highest BCUT2D eigenvalue weighted by Crippen LogP contribution is 2.28. The molecular formula is C17H20N2S. The van der Waals surface area contributed by atoms with Crippen LogP contribution in [-0.4, -0.2) is 23.8 Å². The van der Waals surface area contributed by atoms with Crippen molar-refractivity contribution < 1.29 is 0 Å². The van der Waals surface area contributed by atoms with Crippen molar-refractivity contribution in [3.05, 3.63) is 54.2 Å². The van der Waals surface area contributed by atoms with Crippen LogP contribution in [0, 0.1) is 12.8 Å². The number of hydrogen-bond donors (Lipinski definition) is 0. The van der Waals surface area contributed by atoms with Crippen LogP contribution in [0.1, 0.15) is 12.1 Å². The van der Waals surface area contributed by atoms with E-state index < -0.39 is 0 Å². The van der Waals surface area contributed by atoms with E-state index in [1.807, 2.05) is 11.8 Å². The lowest BCUT2D eigenvalue weighted by Crippen LogP contribution is -2.21. The summed E-state index contributed by atoms with van der Waals surface area (Å²) in [5, 5.41) is 0. The topological polar surface area (TPSA) is 16.1 Å². The third kappa shape index (κ3) is 3.34. The summed E-state index contributed by atoms with van der Waals surface area (Å²) in [7, 11) is 0. The van der Waals surface area contributed by atoms with Crippen LogP contribution >= 0.6 is 11.8 Å². The average Bonchev–Trinajstić information content (AvgIpc) is 2.95. The third-order valence-electron chi connectivity index (χ3n) is 3.71. The van der Waals surface area contributed by atoms with Crippen LogP contribution < -0.4 is 4.90 Å². The van der Waals surface area contributed by atoms with Crippen LogP contribution in [0.2, 0.25) is 0 Å². The summed E-state index contributed by atoms with van der Waals surface area (Å²) in [5.41, 5.74) is 1.10. The number of benzene rings is 1. The van der Waals surface area contributed by atoms with Crippen molar-refractivity contribution in [2.24, 2.45) is 5.92 Å². The lowest BCUT2D eigenvalue weighted by atomic mass is 10.2. The molecule has 0 N–H and O–H groups in total. The van der Waals surface area contributed by atoms with Gasteiger partial charge in [-0.1, -0.05) is 24.3 Å². The van der Waals surface area contributed by atoms with Crippen LogP contribution in [0.25, 0.3) is 0 Å². The van der Waals surface area contributed by atoms with Gasteiger partial charge >= 0.3 is 0 Å². The zero-order valence-electron chi connectivity index (χ0n) is 11.8. The zero-order valence-corrected chi connectivity index (χ0v) is 12.6. The lowest BCUT2D eigenvalue weighted by molar-refractivity contribution is 0.670. The Morgan fingerprint density at radius 2 is 2.00 bits per heavy atom. The summed E-state index contributed by atoms with van der Waals surface area (Å²) >= 11 is 1.97. The number of pyridine rings is 1. The summed E-state index contributed by atoms with van der Waals surface area (Å²) in [6.45, 7) is 4.33. The Kier molecular flexibility index (Phi) is 4.26. The summed E-state index contributed by atoms with van der Waals surface area (Å²) in [6, 6.07) is 17.0. The number of aromatic nitrogens is 1. The van der Waals surface area contributed by atoms with Crippen molar-refractivity contribution in [2.45, 2.75) is 18.2 Å². The van der Waals surface area contributed by atoms with Crippen LogP contribution in [0.5, 0.6) is 0 Å². The SMILES string of the molecule is Cc1cccc(N2CCC(CSc3ccccc3)C2)n1. The van der Waals surface area contributed by atoms with Crippen molar-refractivity contribution in [1.29, 1.82) is 0 Å². The summed E-state index contributed by atoms with van der Waals surface area (Å²) in [5.74, 6) is 3.10. The maximum absolute atomic E-state index is 4.63. The molecule has 0 bridgehead atoms. The molecule has 1 aliphatic rings. The minimum absolute atomic E-state index is 0.766. The number of rotatable bonds is 4. The van der Waals surface area contributed by atoms with E-state index in [1.165, 1.54) is 17.1 Å². The molecule has 3 rings (SSSR count). The first-order chi connectivity index (χ1) is 9.81. The van der Waals surface area contributed by atoms with E-state index >= 15 is 0 Å². The smallest absolute Gasteiger partial charge is 0.128 e. The Morgan fingerprint density at radius 1 is 1.15 bits per heavy atom. The van der Waals surface area contributed by atoms with Crippen LogP contribution in [0.15, 0.2) is 53.4 Å². The van der Waals surface area contributed by atoms with E-state index in [1.54, 1.807) is 0 Å². The monoisotopic (exact) mass is 284 g/mol. The molecule has 1 atom stereocenters. The molecule has 0 radical (unpaired) electrons. The minimum Gasteiger partial charge on any atom is -0.356 e. The lowest BCUT2D eigenvalue weighted by Gasteiger charge is -2.17. The summed E-state index contributed by atoms with van der Waals surface area (Å²) in [4.78, 5) is 8.42. The van der Waals surface area contributed by atoms with Crippen LogP contribution in [-0.2, 0) is 0 Å². The van der Waals surface area contributed by atoms with Gasteiger partial charge in [-0.25, -0.2) is 4.98 Å². The van der Waals surface area contributed by atoms with E-state index in [0.29, 0.717) is 0 Å². The molecule has 1 unspecified atom stereocenters. The van der Waals surface area contributed by atoms with Crippen LogP contribution in [0.4, 0.5) is 5.82 Å². The van der Waals surface area contributed by atoms with Gasteiger partial charge in [-0.2, -0.15) is 0 Å². The van der Waals surface area contributed by atoms with Gasteiger partial charge in [0.25, 0.3) is 0 Å². The number of anilines is 1. The van der Waals surface area contributed by atoms with Gasteiger partial charge in [0.2, 0.25) is 0 Å². The molecule has 1 aromatic carbocycles. The van der Waals surface area contributed by atoms with Gasteiger partial charge in [0.1, 0.15) is 5.82 Å². The normalized spacial score (nSPS) is 18.4. The van der Waals surface area contributed by atoms with E-state index in [2.05, 4.69) is 65.3 Å². The Labute approximate surface area is 125 Å². The average molecular weight is 284 g/mol. The molecule has 1 fully saturated rings. The number of aryl methyl sites for hydroxylation is 1. The van der Waals surface area contributed by atoms with Gasteiger partial charge in [0, 0.05) is 29.4 Å². The molecule has 1 aliphatic heterocycles. The van der Waals surface area contributed by atoms with Crippen LogP contribution in [0.3, 0.4) is 0 Å². The molecule has 0 aliphatic carbocycles.